The Hall–Kier alpha value is -5.87. The molecule has 0 aliphatic carbocycles. The molecule has 0 spiro atoms. The second-order valence-corrected chi connectivity index (χ2v) is 11.5. The molecule has 4 heteroatoms. The van der Waals surface area contributed by atoms with Crippen molar-refractivity contribution in [2.45, 2.75) is 0 Å². The van der Waals surface area contributed by atoms with Crippen molar-refractivity contribution >= 4 is 93.0 Å². The van der Waals surface area contributed by atoms with E-state index in [4.69, 9.17) is 13.8 Å². The van der Waals surface area contributed by atoms with Crippen molar-refractivity contribution in [3.8, 4) is 11.1 Å². The maximum absolute atomic E-state index is 6.50. The highest BCUT2D eigenvalue weighted by Gasteiger charge is 2.25. The number of benzene rings is 6. The molecule has 0 saturated carbocycles. The lowest BCUT2D eigenvalue weighted by Crippen LogP contribution is -1.89. The van der Waals surface area contributed by atoms with Crippen LogP contribution in [0.5, 0.6) is 0 Å². The summed E-state index contributed by atoms with van der Waals surface area (Å²) in [6, 6.07) is 42.7. The van der Waals surface area contributed by atoms with Crippen molar-refractivity contribution < 1.29 is 8.83 Å². The number of aromatic nitrogens is 2. The average Bonchev–Trinajstić information content (AvgIpc) is 3.79. The third-order valence-corrected chi connectivity index (χ3v) is 9.29. The molecule has 43 heavy (non-hydrogen) atoms. The molecule has 0 saturated heterocycles. The quantitative estimate of drug-likeness (QED) is 0.205. The van der Waals surface area contributed by atoms with E-state index in [1.807, 2.05) is 18.2 Å². The van der Waals surface area contributed by atoms with Crippen LogP contribution in [0.4, 0.5) is 0 Å². The standard InChI is InChI=1S/C39H20N2O2/c1-4-13-30-22(8-1)19-29-28-20-34-35(25-10-3-6-15-32(25)43-34)36-26-12-7-11-23(37(26)41(38(28)36)39(29)40-30)21-16-17-33-27(18-21)24-9-2-5-14-31(24)42-33/h1-20H. The molecular weight excluding hydrogens is 528 g/mol. The predicted molar refractivity (Wildman–Crippen MR) is 176 cm³/mol. The van der Waals surface area contributed by atoms with Crippen LogP contribution in [0.2, 0.25) is 0 Å². The van der Waals surface area contributed by atoms with E-state index in [0.29, 0.717) is 0 Å². The minimum atomic E-state index is 0.898. The number of furan rings is 2. The van der Waals surface area contributed by atoms with E-state index < -0.39 is 0 Å². The SMILES string of the molecule is c1ccc2nc3c(cc2c1)c1cc2oc4ccccc4c2c2c4cccc(-c5ccc6oc7ccccc7c6c5)c4n3c12. The molecule has 11 aromatic rings. The summed E-state index contributed by atoms with van der Waals surface area (Å²) in [6.45, 7) is 0. The third-order valence-electron chi connectivity index (χ3n) is 9.29. The Labute approximate surface area is 243 Å². The highest BCUT2D eigenvalue weighted by Crippen LogP contribution is 2.48. The fourth-order valence-corrected chi connectivity index (χ4v) is 7.49. The van der Waals surface area contributed by atoms with Gasteiger partial charge in [0.2, 0.25) is 0 Å². The van der Waals surface area contributed by atoms with Crippen LogP contribution in [0, 0.1) is 0 Å². The van der Waals surface area contributed by atoms with Crippen LogP contribution < -0.4 is 0 Å². The first kappa shape index (κ1) is 21.8. The van der Waals surface area contributed by atoms with Gasteiger partial charge in [0.05, 0.1) is 16.6 Å². The smallest absolute Gasteiger partial charge is 0.146 e. The van der Waals surface area contributed by atoms with Crippen LogP contribution in [0.25, 0.3) is 104 Å². The lowest BCUT2D eigenvalue weighted by Gasteiger charge is -2.07. The largest absolute Gasteiger partial charge is 0.456 e. The molecule has 0 atom stereocenters. The molecule has 4 nitrogen and oxygen atoms in total. The Morgan fingerprint density at radius 2 is 1.21 bits per heavy atom. The molecule has 198 valence electrons. The lowest BCUT2D eigenvalue weighted by atomic mass is 9.98. The van der Waals surface area contributed by atoms with Crippen LogP contribution in [-0.2, 0) is 0 Å². The monoisotopic (exact) mass is 548 g/mol. The van der Waals surface area contributed by atoms with E-state index in [9.17, 15) is 0 Å². The molecule has 0 amide bonds. The van der Waals surface area contributed by atoms with Crippen LogP contribution >= 0.6 is 0 Å². The molecule has 0 aliphatic rings. The first-order valence-electron chi connectivity index (χ1n) is 14.6. The van der Waals surface area contributed by atoms with Gasteiger partial charge in [0.25, 0.3) is 0 Å². The Balaban J connectivity index is 1.39. The van der Waals surface area contributed by atoms with Crippen molar-refractivity contribution in [2.75, 3.05) is 0 Å². The van der Waals surface area contributed by atoms with Crippen molar-refractivity contribution in [3.05, 3.63) is 121 Å². The summed E-state index contributed by atoms with van der Waals surface area (Å²) in [6.07, 6.45) is 0. The molecule has 5 aromatic heterocycles. The van der Waals surface area contributed by atoms with E-state index in [-0.39, 0.29) is 0 Å². The van der Waals surface area contributed by atoms with Gasteiger partial charge in [-0.1, -0.05) is 78.9 Å². The van der Waals surface area contributed by atoms with Crippen molar-refractivity contribution in [1.82, 2.24) is 9.38 Å². The first-order valence-corrected chi connectivity index (χ1v) is 14.6. The third kappa shape index (κ3) is 2.65. The maximum atomic E-state index is 6.50. The molecule has 0 unspecified atom stereocenters. The van der Waals surface area contributed by atoms with E-state index in [1.54, 1.807) is 0 Å². The number of fused-ring (bicyclic) bond motifs is 14. The zero-order chi connectivity index (χ0) is 27.8. The highest BCUT2D eigenvalue weighted by molar-refractivity contribution is 6.35. The van der Waals surface area contributed by atoms with Crippen LogP contribution in [0.1, 0.15) is 0 Å². The molecule has 0 bridgehead atoms. The summed E-state index contributed by atoms with van der Waals surface area (Å²) in [5, 5.41) is 10.4. The highest BCUT2D eigenvalue weighted by atomic mass is 16.3. The molecule has 0 radical (unpaired) electrons. The van der Waals surface area contributed by atoms with E-state index >= 15 is 0 Å². The molecule has 6 aromatic carbocycles. The molecule has 0 N–H and O–H groups in total. The van der Waals surface area contributed by atoms with Gasteiger partial charge in [-0.2, -0.15) is 0 Å². The summed E-state index contributed by atoms with van der Waals surface area (Å²) in [5.74, 6) is 0. The number of para-hydroxylation sites is 4. The van der Waals surface area contributed by atoms with Gasteiger partial charge in [-0.3, -0.25) is 4.40 Å². The number of nitrogens with zero attached hydrogens (tertiary/aromatic N) is 2. The fourth-order valence-electron chi connectivity index (χ4n) is 7.49. The van der Waals surface area contributed by atoms with Crippen molar-refractivity contribution in [3.63, 3.8) is 0 Å². The van der Waals surface area contributed by atoms with E-state index in [2.05, 4.69) is 108 Å². The van der Waals surface area contributed by atoms with Crippen LogP contribution in [-0.4, -0.2) is 9.38 Å². The number of hydrogen-bond acceptors (Lipinski definition) is 3. The van der Waals surface area contributed by atoms with Gasteiger partial charge in [-0.05, 0) is 48.0 Å². The maximum Gasteiger partial charge on any atom is 0.146 e. The van der Waals surface area contributed by atoms with Gasteiger partial charge in [-0.25, -0.2) is 4.98 Å². The lowest BCUT2D eigenvalue weighted by molar-refractivity contribution is 0.669. The Morgan fingerprint density at radius 1 is 0.465 bits per heavy atom. The van der Waals surface area contributed by atoms with Crippen molar-refractivity contribution in [2.24, 2.45) is 0 Å². The van der Waals surface area contributed by atoms with Gasteiger partial charge in [0.15, 0.2) is 0 Å². The van der Waals surface area contributed by atoms with Gasteiger partial charge >= 0.3 is 0 Å². The zero-order valence-electron chi connectivity index (χ0n) is 22.8. The first-order chi connectivity index (χ1) is 21.3. The number of pyridine rings is 1. The summed E-state index contributed by atoms with van der Waals surface area (Å²) in [5.41, 5.74) is 10.2. The van der Waals surface area contributed by atoms with Gasteiger partial charge in [0, 0.05) is 54.0 Å². The molecule has 5 heterocycles. The van der Waals surface area contributed by atoms with Crippen LogP contribution in [0.15, 0.2) is 130 Å². The minimum absolute atomic E-state index is 0.898. The Kier molecular flexibility index (Phi) is 3.80. The summed E-state index contributed by atoms with van der Waals surface area (Å²) in [4.78, 5) is 5.29. The summed E-state index contributed by atoms with van der Waals surface area (Å²) in [7, 11) is 0. The van der Waals surface area contributed by atoms with Crippen molar-refractivity contribution in [1.29, 1.82) is 0 Å². The second-order valence-electron chi connectivity index (χ2n) is 11.5. The summed E-state index contributed by atoms with van der Waals surface area (Å²) >= 11 is 0. The van der Waals surface area contributed by atoms with Gasteiger partial charge in [0.1, 0.15) is 28.0 Å². The number of hydrogen-bond donors (Lipinski definition) is 0. The molecular formula is C39H20N2O2. The predicted octanol–water partition coefficient (Wildman–Crippen LogP) is 10.9. The molecule has 0 fully saturated rings. The number of rotatable bonds is 1. The second kappa shape index (κ2) is 7.50. The minimum Gasteiger partial charge on any atom is -0.456 e. The zero-order valence-corrected chi connectivity index (χ0v) is 22.8. The topological polar surface area (TPSA) is 43.6 Å². The van der Waals surface area contributed by atoms with Crippen LogP contribution in [0.3, 0.4) is 0 Å². The molecule has 11 rings (SSSR count). The van der Waals surface area contributed by atoms with Gasteiger partial charge in [-0.15, -0.1) is 0 Å². The average molecular weight is 549 g/mol. The van der Waals surface area contributed by atoms with E-state index in [1.165, 1.54) is 16.3 Å². The van der Waals surface area contributed by atoms with Gasteiger partial charge < -0.3 is 8.83 Å². The Morgan fingerprint density at radius 3 is 2.14 bits per heavy atom. The fraction of sp³-hybridized carbons (Fsp3) is 0. The normalized spacial score (nSPS) is 12.7. The summed E-state index contributed by atoms with van der Waals surface area (Å²) < 4.78 is 15.1. The molecule has 0 aliphatic heterocycles. The van der Waals surface area contributed by atoms with E-state index in [0.717, 1.165) is 87.8 Å². The Bertz CT molecular complexity index is 2960.